The zero-order chi connectivity index (χ0) is 16.4. The molecule has 1 heterocycles. The summed E-state index contributed by atoms with van der Waals surface area (Å²) in [7, 11) is 1.65. The molecule has 4 nitrogen and oxygen atoms in total. The van der Waals surface area contributed by atoms with Gasteiger partial charge in [0.2, 0.25) is 0 Å². The molecule has 1 aromatic heterocycles. The average Bonchev–Trinajstić information content (AvgIpc) is 3.18. The molecule has 1 amide bonds. The number of rotatable bonds is 4. The second-order valence-corrected chi connectivity index (χ2v) is 6.35. The molecule has 2 aromatic rings. The second-order valence-electron chi connectivity index (χ2n) is 6.35. The van der Waals surface area contributed by atoms with Crippen LogP contribution in [0.25, 0.3) is 5.69 Å². The summed E-state index contributed by atoms with van der Waals surface area (Å²) in [6.07, 6.45) is 6.90. The van der Waals surface area contributed by atoms with Gasteiger partial charge in [-0.15, -0.1) is 0 Å². The van der Waals surface area contributed by atoms with Gasteiger partial charge >= 0.3 is 0 Å². The number of carbonyl (C=O) groups excluding carboxylic acids is 1. The van der Waals surface area contributed by atoms with E-state index in [-0.39, 0.29) is 12.5 Å². The molecule has 1 saturated carbocycles. The summed E-state index contributed by atoms with van der Waals surface area (Å²) in [5.41, 5.74) is -0.0975. The Bertz CT molecular complexity index is 691. The van der Waals surface area contributed by atoms with Gasteiger partial charge in [0.05, 0.1) is 11.3 Å². The summed E-state index contributed by atoms with van der Waals surface area (Å²) in [5, 5.41) is 10.4. The van der Waals surface area contributed by atoms with Crippen LogP contribution in [0.4, 0.5) is 4.39 Å². The van der Waals surface area contributed by atoms with Gasteiger partial charge in [0, 0.05) is 31.5 Å². The number of hydrogen-bond donors (Lipinski definition) is 1. The van der Waals surface area contributed by atoms with E-state index in [1.54, 1.807) is 36.1 Å². The van der Waals surface area contributed by atoms with Crippen LogP contribution in [-0.4, -0.2) is 39.7 Å². The van der Waals surface area contributed by atoms with Gasteiger partial charge in [-0.2, -0.15) is 0 Å². The quantitative estimate of drug-likeness (QED) is 0.942. The van der Waals surface area contributed by atoms with E-state index in [9.17, 15) is 14.3 Å². The number of carbonyl (C=O) groups is 1. The number of nitrogens with zero attached hydrogens (tertiary/aromatic N) is 2. The Labute approximate surface area is 135 Å². The predicted octanol–water partition coefficient (Wildman–Crippen LogP) is 2.99. The van der Waals surface area contributed by atoms with Crippen molar-refractivity contribution in [3.05, 3.63) is 54.1 Å². The van der Waals surface area contributed by atoms with Gasteiger partial charge in [-0.25, -0.2) is 4.39 Å². The van der Waals surface area contributed by atoms with E-state index in [1.165, 1.54) is 11.0 Å². The minimum Gasteiger partial charge on any atom is -0.388 e. The molecular formula is C18H21FN2O2. The summed E-state index contributed by atoms with van der Waals surface area (Å²) >= 11 is 0. The van der Waals surface area contributed by atoms with Crippen molar-refractivity contribution in [2.45, 2.75) is 31.3 Å². The second kappa shape index (κ2) is 6.16. The highest BCUT2D eigenvalue weighted by Crippen LogP contribution is 2.30. The van der Waals surface area contributed by atoms with Crippen LogP contribution in [0.1, 0.15) is 36.0 Å². The fourth-order valence-corrected chi connectivity index (χ4v) is 3.27. The van der Waals surface area contributed by atoms with Crippen molar-refractivity contribution in [2.75, 3.05) is 13.6 Å². The summed E-state index contributed by atoms with van der Waals surface area (Å²) in [4.78, 5) is 13.9. The first-order valence-corrected chi connectivity index (χ1v) is 7.89. The third kappa shape index (κ3) is 3.29. The SMILES string of the molecule is CN(CC1(O)CCCC1)C(=O)c1ccc(-n2cccc2)c(F)c1. The molecule has 1 N–H and O–H groups in total. The fourth-order valence-electron chi connectivity index (χ4n) is 3.27. The Balaban J connectivity index is 1.76. The van der Waals surface area contributed by atoms with Crippen LogP contribution in [0.2, 0.25) is 0 Å². The Morgan fingerprint density at radius 2 is 1.96 bits per heavy atom. The van der Waals surface area contributed by atoms with Gasteiger partial charge in [0.1, 0.15) is 5.82 Å². The first-order chi connectivity index (χ1) is 11.0. The molecule has 1 aliphatic carbocycles. The Morgan fingerprint density at radius 3 is 2.57 bits per heavy atom. The maximum atomic E-state index is 14.3. The minimum atomic E-state index is -0.798. The molecule has 0 unspecified atom stereocenters. The van der Waals surface area contributed by atoms with Crippen molar-refractivity contribution in [1.82, 2.24) is 9.47 Å². The first-order valence-electron chi connectivity index (χ1n) is 7.89. The van der Waals surface area contributed by atoms with Crippen molar-refractivity contribution in [1.29, 1.82) is 0 Å². The van der Waals surface area contributed by atoms with Gasteiger partial charge in [-0.3, -0.25) is 4.79 Å². The lowest BCUT2D eigenvalue weighted by molar-refractivity contribution is 0.0156. The van der Waals surface area contributed by atoms with Crippen LogP contribution in [0.5, 0.6) is 0 Å². The number of hydrogen-bond acceptors (Lipinski definition) is 2. The third-order valence-electron chi connectivity index (χ3n) is 4.49. The lowest BCUT2D eigenvalue weighted by Gasteiger charge is -2.28. The van der Waals surface area contributed by atoms with Crippen LogP contribution in [0, 0.1) is 5.82 Å². The lowest BCUT2D eigenvalue weighted by Crippen LogP contribution is -2.42. The van der Waals surface area contributed by atoms with Gasteiger partial charge in [-0.05, 0) is 43.2 Å². The molecule has 122 valence electrons. The van der Waals surface area contributed by atoms with Gasteiger partial charge in [-0.1, -0.05) is 12.8 Å². The Hall–Kier alpha value is -2.14. The van der Waals surface area contributed by atoms with Crippen molar-refractivity contribution < 1.29 is 14.3 Å². The van der Waals surface area contributed by atoms with Gasteiger partial charge < -0.3 is 14.6 Å². The van der Waals surface area contributed by atoms with E-state index < -0.39 is 11.4 Å². The van der Waals surface area contributed by atoms with Crippen molar-refractivity contribution >= 4 is 5.91 Å². The molecule has 3 rings (SSSR count). The fraction of sp³-hybridized carbons (Fsp3) is 0.389. The number of benzene rings is 1. The Kier molecular flexibility index (Phi) is 4.22. The van der Waals surface area contributed by atoms with E-state index in [0.717, 1.165) is 12.8 Å². The highest BCUT2D eigenvalue weighted by Gasteiger charge is 2.33. The normalized spacial score (nSPS) is 16.5. The maximum absolute atomic E-state index is 14.3. The van der Waals surface area contributed by atoms with E-state index in [4.69, 9.17) is 0 Å². The summed E-state index contributed by atoms with van der Waals surface area (Å²) in [6, 6.07) is 8.10. The average molecular weight is 316 g/mol. The van der Waals surface area contributed by atoms with E-state index in [2.05, 4.69) is 0 Å². The molecule has 0 saturated heterocycles. The largest absolute Gasteiger partial charge is 0.388 e. The topological polar surface area (TPSA) is 45.5 Å². The van der Waals surface area contributed by atoms with E-state index in [1.807, 2.05) is 12.1 Å². The van der Waals surface area contributed by atoms with E-state index in [0.29, 0.717) is 24.1 Å². The highest BCUT2D eigenvalue weighted by molar-refractivity contribution is 5.94. The Morgan fingerprint density at radius 1 is 1.30 bits per heavy atom. The number of likely N-dealkylation sites (N-methyl/N-ethyl adjacent to an activating group) is 1. The molecular weight excluding hydrogens is 295 g/mol. The maximum Gasteiger partial charge on any atom is 0.253 e. The molecule has 1 aromatic carbocycles. The number of aliphatic hydroxyl groups is 1. The number of aromatic nitrogens is 1. The molecule has 0 radical (unpaired) electrons. The molecule has 0 aliphatic heterocycles. The van der Waals surface area contributed by atoms with E-state index >= 15 is 0 Å². The summed E-state index contributed by atoms with van der Waals surface area (Å²) in [5.74, 6) is -0.719. The molecule has 23 heavy (non-hydrogen) atoms. The zero-order valence-corrected chi connectivity index (χ0v) is 13.2. The lowest BCUT2D eigenvalue weighted by atomic mass is 10.0. The van der Waals surface area contributed by atoms with Gasteiger partial charge in [0.25, 0.3) is 5.91 Å². The van der Waals surface area contributed by atoms with Crippen LogP contribution in [0.3, 0.4) is 0 Å². The molecule has 0 atom stereocenters. The molecule has 1 aliphatic rings. The van der Waals surface area contributed by atoms with Crippen molar-refractivity contribution in [3.8, 4) is 5.69 Å². The zero-order valence-electron chi connectivity index (χ0n) is 13.2. The highest BCUT2D eigenvalue weighted by atomic mass is 19.1. The van der Waals surface area contributed by atoms with Crippen LogP contribution < -0.4 is 0 Å². The molecule has 0 spiro atoms. The standard InChI is InChI=1S/C18H21FN2O2/c1-20(13-18(23)8-2-3-9-18)17(22)14-6-7-16(15(19)12-14)21-10-4-5-11-21/h4-7,10-12,23H,2-3,8-9,13H2,1H3. The van der Waals surface area contributed by atoms with Crippen LogP contribution >= 0.6 is 0 Å². The van der Waals surface area contributed by atoms with Crippen molar-refractivity contribution in [3.63, 3.8) is 0 Å². The van der Waals surface area contributed by atoms with Gasteiger partial charge in [0.15, 0.2) is 0 Å². The minimum absolute atomic E-state index is 0.275. The molecule has 1 fully saturated rings. The number of amides is 1. The monoisotopic (exact) mass is 316 g/mol. The van der Waals surface area contributed by atoms with Crippen LogP contribution in [-0.2, 0) is 0 Å². The smallest absolute Gasteiger partial charge is 0.253 e. The third-order valence-corrected chi connectivity index (χ3v) is 4.49. The molecule has 5 heteroatoms. The summed E-state index contributed by atoms with van der Waals surface area (Å²) in [6.45, 7) is 0.285. The first kappa shape index (κ1) is 15.7. The number of halogens is 1. The van der Waals surface area contributed by atoms with Crippen molar-refractivity contribution in [2.24, 2.45) is 0 Å². The molecule has 0 bridgehead atoms. The summed E-state index contributed by atoms with van der Waals surface area (Å²) < 4.78 is 15.9. The predicted molar refractivity (Wildman–Crippen MR) is 86.1 cm³/mol. The van der Waals surface area contributed by atoms with Crippen LogP contribution in [0.15, 0.2) is 42.7 Å².